The number of carbonyl (C=O) groups excluding carboxylic acids is 1. The van der Waals surface area contributed by atoms with Crippen molar-refractivity contribution in [3.05, 3.63) is 42.4 Å². The second kappa shape index (κ2) is 7.02. The molecular formula is C17H21N7O. The number of aromatic nitrogens is 5. The quantitative estimate of drug-likeness (QED) is 0.763. The van der Waals surface area contributed by atoms with Crippen LogP contribution in [0.3, 0.4) is 0 Å². The molecule has 4 rings (SSSR count). The zero-order valence-corrected chi connectivity index (χ0v) is 14.0. The van der Waals surface area contributed by atoms with Crippen molar-refractivity contribution in [2.45, 2.75) is 19.5 Å². The van der Waals surface area contributed by atoms with Gasteiger partial charge in [0.25, 0.3) is 0 Å². The van der Waals surface area contributed by atoms with Crippen LogP contribution in [-0.2, 0) is 17.9 Å². The molecule has 8 nitrogen and oxygen atoms in total. The van der Waals surface area contributed by atoms with Gasteiger partial charge in [0.2, 0.25) is 5.91 Å². The average Bonchev–Trinajstić information content (AvgIpc) is 3.23. The summed E-state index contributed by atoms with van der Waals surface area (Å²) in [6.07, 6.45) is 4.42. The van der Waals surface area contributed by atoms with Crippen molar-refractivity contribution in [3.63, 3.8) is 0 Å². The number of fused-ring (bicyclic) bond motifs is 1. The van der Waals surface area contributed by atoms with Crippen molar-refractivity contribution in [3.8, 4) is 0 Å². The molecule has 0 atom stereocenters. The molecule has 2 aromatic heterocycles. The van der Waals surface area contributed by atoms with Gasteiger partial charge in [0.1, 0.15) is 12.9 Å². The van der Waals surface area contributed by atoms with Gasteiger partial charge in [0, 0.05) is 44.4 Å². The van der Waals surface area contributed by atoms with Gasteiger partial charge in [-0.05, 0) is 46.0 Å². The third-order valence-corrected chi connectivity index (χ3v) is 4.65. The first-order chi connectivity index (χ1) is 12.3. The molecule has 3 heterocycles. The Labute approximate surface area is 145 Å². The zero-order chi connectivity index (χ0) is 17.1. The lowest BCUT2D eigenvalue weighted by molar-refractivity contribution is -0.131. The molecule has 8 heteroatoms. The summed E-state index contributed by atoms with van der Waals surface area (Å²) in [5.41, 5.74) is 2.47. The molecule has 1 aromatic carbocycles. The number of hydrogen-bond acceptors (Lipinski definition) is 5. The highest BCUT2D eigenvalue weighted by Crippen LogP contribution is 2.16. The van der Waals surface area contributed by atoms with Gasteiger partial charge in [-0.2, -0.15) is 0 Å². The molecule has 1 aliphatic heterocycles. The maximum absolute atomic E-state index is 12.4. The minimum atomic E-state index is 0.0721. The number of amides is 1. The molecule has 130 valence electrons. The highest BCUT2D eigenvalue weighted by Gasteiger charge is 2.19. The first-order valence-corrected chi connectivity index (χ1v) is 8.55. The Morgan fingerprint density at radius 3 is 3.00 bits per heavy atom. The summed E-state index contributed by atoms with van der Waals surface area (Å²) in [6, 6.07) is 8.63. The van der Waals surface area contributed by atoms with Crippen molar-refractivity contribution in [2.75, 3.05) is 26.2 Å². The predicted molar refractivity (Wildman–Crippen MR) is 92.6 cm³/mol. The number of hydrogen-bond donors (Lipinski definition) is 1. The van der Waals surface area contributed by atoms with E-state index in [4.69, 9.17) is 0 Å². The van der Waals surface area contributed by atoms with E-state index in [0.29, 0.717) is 0 Å². The number of rotatable bonds is 4. The molecule has 0 saturated carbocycles. The first kappa shape index (κ1) is 15.8. The molecule has 1 saturated heterocycles. The van der Waals surface area contributed by atoms with Gasteiger partial charge in [0.15, 0.2) is 0 Å². The standard InChI is InChI=1S/C17H21N7O/c25-17(12-24-13-19-20-21-24)23-7-1-6-22(8-9-23)11-14-2-3-16-15(10-14)4-5-18-16/h2-5,10,13,18H,1,6-9,11-12H2. The molecule has 25 heavy (non-hydrogen) atoms. The van der Waals surface area contributed by atoms with Crippen molar-refractivity contribution in [1.82, 2.24) is 35.0 Å². The molecule has 1 amide bonds. The summed E-state index contributed by atoms with van der Waals surface area (Å²) >= 11 is 0. The van der Waals surface area contributed by atoms with Crippen molar-refractivity contribution >= 4 is 16.8 Å². The van der Waals surface area contributed by atoms with Gasteiger partial charge in [-0.1, -0.05) is 6.07 Å². The van der Waals surface area contributed by atoms with Crippen LogP contribution in [0, 0.1) is 0 Å². The molecule has 0 spiro atoms. The minimum absolute atomic E-state index is 0.0721. The monoisotopic (exact) mass is 339 g/mol. The molecule has 0 aliphatic carbocycles. The van der Waals surface area contributed by atoms with E-state index in [2.05, 4.69) is 49.7 Å². The summed E-state index contributed by atoms with van der Waals surface area (Å²) in [6.45, 7) is 4.53. The number of aromatic amines is 1. The Morgan fingerprint density at radius 1 is 1.16 bits per heavy atom. The molecular weight excluding hydrogens is 318 g/mol. The minimum Gasteiger partial charge on any atom is -0.361 e. The summed E-state index contributed by atoms with van der Waals surface area (Å²) < 4.78 is 1.47. The van der Waals surface area contributed by atoms with E-state index in [9.17, 15) is 4.79 Å². The SMILES string of the molecule is O=C(Cn1cnnn1)N1CCCN(Cc2ccc3[nH]ccc3c2)CC1. The van der Waals surface area contributed by atoms with Crippen molar-refractivity contribution in [1.29, 1.82) is 0 Å². The Hall–Kier alpha value is -2.74. The average molecular weight is 339 g/mol. The third kappa shape index (κ3) is 3.69. The number of H-pyrrole nitrogens is 1. The van der Waals surface area contributed by atoms with Crippen molar-refractivity contribution < 1.29 is 4.79 Å². The van der Waals surface area contributed by atoms with E-state index in [1.807, 2.05) is 11.1 Å². The highest BCUT2D eigenvalue weighted by atomic mass is 16.2. The maximum atomic E-state index is 12.4. The summed E-state index contributed by atoms with van der Waals surface area (Å²) in [7, 11) is 0. The van der Waals surface area contributed by atoms with Crippen molar-refractivity contribution in [2.24, 2.45) is 0 Å². The molecule has 3 aromatic rings. The normalized spacial score (nSPS) is 16.2. The van der Waals surface area contributed by atoms with Crippen LogP contribution in [0.15, 0.2) is 36.8 Å². The summed E-state index contributed by atoms with van der Waals surface area (Å²) in [5.74, 6) is 0.0721. The van der Waals surface area contributed by atoms with E-state index in [0.717, 1.165) is 39.1 Å². The maximum Gasteiger partial charge on any atom is 0.244 e. The molecule has 1 aliphatic rings. The third-order valence-electron chi connectivity index (χ3n) is 4.65. The predicted octanol–water partition coefficient (Wildman–Crippen LogP) is 0.889. The zero-order valence-electron chi connectivity index (χ0n) is 14.0. The van der Waals surface area contributed by atoms with E-state index >= 15 is 0 Å². The lowest BCUT2D eigenvalue weighted by atomic mass is 10.1. The Morgan fingerprint density at radius 2 is 2.12 bits per heavy atom. The van der Waals surface area contributed by atoms with Gasteiger partial charge in [-0.15, -0.1) is 5.10 Å². The number of nitrogens with zero attached hydrogens (tertiary/aromatic N) is 6. The van der Waals surface area contributed by atoms with Crippen LogP contribution >= 0.6 is 0 Å². The molecule has 1 fully saturated rings. The van der Waals surface area contributed by atoms with Crippen LogP contribution in [0.1, 0.15) is 12.0 Å². The first-order valence-electron chi connectivity index (χ1n) is 8.55. The number of tetrazole rings is 1. The topological polar surface area (TPSA) is 82.9 Å². The number of carbonyl (C=O) groups is 1. The van der Waals surface area contributed by atoms with Crippen LogP contribution in [0.2, 0.25) is 0 Å². The van der Waals surface area contributed by atoms with Crippen LogP contribution in [0.25, 0.3) is 10.9 Å². The molecule has 1 N–H and O–H groups in total. The summed E-state index contributed by atoms with van der Waals surface area (Å²) in [5, 5.41) is 12.1. The summed E-state index contributed by atoms with van der Waals surface area (Å²) in [4.78, 5) is 19.9. The molecule has 0 radical (unpaired) electrons. The smallest absolute Gasteiger partial charge is 0.244 e. The largest absolute Gasteiger partial charge is 0.361 e. The van der Waals surface area contributed by atoms with Crippen LogP contribution in [-0.4, -0.2) is 67.1 Å². The highest BCUT2D eigenvalue weighted by molar-refractivity contribution is 5.79. The van der Waals surface area contributed by atoms with Crippen LogP contribution in [0.5, 0.6) is 0 Å². The van der Waals surface area contributed by atoms with Crippen LogP contribution in [0.4, 0.5) is 0 Å². The van der Waals surface area contributed by atoms with E-state index in [1.54, 1.807) is 0 Å². The van der Waals surface area contributed by atoms with E-state index < -0.39 is 0 Å². The fraction of sp³-hybridized carbons (Fsp3) is 0.412. The fourth-order valence-electron chi connectivity index (χ4n) is 3.33. The lowest BCUT2D eigenvalue weighted by Crippen LogP contribution is -2.37. The second-order valence-corrected chi connectivity index (χ2v) is 6.42. The van der Waals surface area contributed by atoms with Gasteiger partial charge in [0.05, 0.1) is 0 Å². The Balaban J connectivity index is 1.35. The van der Waals surface area contributed by atoms with E-state index in [1.165, 1.54) is 27.5 Å². The lowest BCUT2D eigenvalue weighted by Gasteiger charge is -2.22. The fourth-order valence-corrected chi connectivity index (χ4v) is 3.33. The van der Waals surface area contributed by atoms with Crippen LogP contribution < -0.4 is 0 Å². The van der Waals surface area contributed by atoms with Gasteiger partial charge in [-0.3, -0.25) is 9.69 Å². The van der Waals surface area contributed by atoms with Gasteiger partial charge < -0.3 is 9.88 Å². The number of benzene rings is 1. The Kier molecular flexibility index (Phi) is 4.43. The van der Waals surface area contributed by atoms with Gasteiger partial charge in [-0.25, -0.2) is 4.68 Å². The Bertz CT molecular complexity index is 842. The molecule has 0 bridgehead atoms. The molecule has 0 unspecified atom stereocenters. The number of nitrogens with one attached hydrogen (secondary N) is 1. The van der Waals surface area contributed by atoms with Gasteiger partial charge >= 0.3 is 0 Å². The van der Waals surface area contributed by atoms with E-state index in [-0.39, 0.29) is 12.5 Å². The second-order valence-electron chi connectivity index (χ2n) is 6.42.